The first-order valence-electron chi connectivity index (χ1n) is 6.65. The lowest BCUT2D eigenvalue weighted by molar-refractivity contribution is 0.0865. The molecular weight excluding hydrogens is 244 g/mol. The predicted octanol–water partition coefficient (Wildman–Crippen LogP) is 2.50. The summed E-state index contributed by atoms with van der Waals surface area (Å²) < 4.78 is 10.1. The van der Waals surface area contributed by atoms with E-state index in [1.807, 2.05) is 0 Å². The van der Waals surface area contributed by atoms with Gasteiger partial charge in [0.05, 0.1) is 20.4 Å². The van der Waals surface area contributed by atoms with Gasteiger partial charge in [0.25, 0.3) is 0 Å². The maximum atomic E-state index is 12.5. The van der Waals surface area contributed by atoms with Gasteiger partial charge in [0.1, 0.15) is 0 Å². The van der Waals surface area contributed by atoms with Gasteiger partial charge in [0, 0.05) is 5.92 Å². The molecule has 0 radical (unpaired) electrons. The van der Waals surface area contributed by atoms with Crippen LogP contribution < -0.4 is 9.47 Å². The van der Waals surface area contributed by atoms with Crippen molar-refractivity contribution < 1.29 is 14.3 Å². The second kappa shape index (κ2) is 5.99. The zero-order valence-electron chi connectivity index (χ0n) is 11.7. The molecule has 1 aliphatic rings. The zero-order chi connectivity index (χ0) is 13.8. The lowest BCUT2D eigenvalue weighted by Crippen LogP contribution is -2.22. The van der Waals surface area contributed by atoms with Gasteiger partial charge in [-0.1, -0.05) is 19.8 Å². The van der Waals surface area contributed by atoms with Gasteiger partial charge >= 0.3 is 0 Å². The number of nitrogens with zero attached hydrogens (tertiary/aromatic N) is 2. The molecule has 1 aromatic heterocycles. The standard InChI is InChI=1S/C14H20N2O3/c1-9-4-6-10(7-5-9)13(17)12-14(19-3)16-11(18-2)8-15-12/h8-10H,4-7H2,1-3H3. The van der Waals surface area contributed by atoms with E-state index in [2.05, 4.69) is 16.9 Å². The van der Waals surface area contributed by atoms with Crippen LogP contribution in [0.4, 0.5) is 0 Å². The van der Waals surface area contributed by atoms with Crippen LogP contribution in [0.2, 0.25) is 0 Å². The van der Waals surface area contributed by atoms with Crippen LogP contribution in [-0.2, 0) is 0 Å². The van der Waals surface area contributed by atoms with E-state index < -0.39 is 0 Å². The molecule has 0 aromatic carbocycles. The molecule has 0 N–H and O–H groups in total. The Morgan fingerprint density at radius 1 is 1.21 bits per heavy atom. The summed E-state index contributed by atoms with van der Waals surface area (Å²) in [4.78, 5) is 20.7. The van der Waals surface area contributed by atoms with Gasteiger partial charge < -0.3 is 9.47 Å². The van der Waals surface area contributed by atoms with Gasteiger partial charge in [-0.05, 0) is 18.8 Å². The molecule has 5 heteroatoms. The van der Waals surface area contributed by atoms with Crippen LogP contribution in [-0.4, -0.2) is 30.0 Å². The van der Waals surface area contributed by atoms with Crippen molar-refractivity contribution in [3.05, 3.63) is 11.9 Å². The van der Waals surface area contributed by atoms with E-state index in [1.165, 1.54) is 20.4 Å². The Hall–Kier alpha value is -1.65. The fourth-order valence-electron chi connectivity index (χ4n) is 2.48. The van der Waals surface area contributed by atoms with Crippen LogP contribution in [0.25, 0.3) is 0 Å². The summed E-state index contributed by atoms with van der Waals surface area (Å²) in [5.74, 6) is 1.41. The fraction of sp³-hybridized carbons (Fsp3) is 0.643. The highest BCUT2D eigenvalue weighted by Gasteiger charge is 2.28. The number of hydrogen-bond donors (Lipinski definition) is 0. The van der Waals surface area contributed by atoms with E-state index in [-0.39, 0.29) is 17.6 Å². The number of ketones is 1. The summed E-state index contributed by atoms with van der Waals surface area (Å²) in [6.07, 6.45) is 5.51. The van der Waals surface area contributed by atoms with Crippen LogP contribution >= 0.6 is 0 Å². The molecule has 0 saturated heterocycles. The molecule has 1 heterocycles. The molecule has 2 rings (SSSR count). The molecule has 0 spiro atoms. The van der Waals surface area contributed by atoms with Crippen LogP contribution in [0.1, 0.15) is 43.1 Å². The van der Waals surface area contributed by atoms with Gasteiger partial charge in [-0.2, -0.15) is 4.98 Å². The molecule has 104 valence electrons. The molecule has 0 bridgehead atoms. The van der Waals surface area contributed by atoms with E-state index in [0.29, 0.717) is 17.5 Å². The second-order valence-corrected chi connectivity index (χ2v) is 5.09. The maximum Gasteiger partial charge on any atom is 0.246 e. The number of Topliss-reactive ketones (excluding diaryl/α,β-unsaturated/α-hetero) is 1. The Balaban J connectivity index is 2.18. The number of carbonyl (C=O) groups is 1. The van der Waals surface area contributed by atoms with E-state index in [1.54, 1.807) is 0 Å². The highest BCUT2D eigenvalue weighted by molar-refractivity contribution is 5.98. The highest BCUT2D eigenvalue weighted by atomic mass is 16.5. The molecule has 1 aromatic rings. The largest absolute Gasteiger partial charge is 0.480 e. The Bertz CT molecular complexity index is 454. The smallest absolute Gasteiger partial charge is 0.246 e. The second-order valence-electron chi connectivity index (χ2n) is 5.09. The van der Waals surface area contributed by atoms with Crippen molar-refractivity contribution in [1.29, 1.82) is 0 Å². The number of ether oxygens (including phenoxy) is 2. The Morgan fingerprint density at radius 3 is 2.47 bits per heavy atom. The van der Waals surface area contributed by atoms with Gasteiger partial charge in [0.2, 0.25) is 11.8 Å². The quantitative estimate of drug-likeness (QED) is 0.782. The molecule has 1 fully saturated rings. The third-order valence-corrected chi connectivity index (χ3v) is 3.74. The molecular formula is C14H20N2O3. The number of carbonyl (C=O) groups excluding carboxylic acids is 1. The SMILES string of the molecule is COc1cnc(C(=O)C2CCC(C)CC2)c(OC)n1. The van der Waals surface area contributed by atoms with Crippen molar-refractivity contribution in [2.75, 3.05) is 14.2 Å². The average molecular weight is 264 g/mol. The lowest BCUT2D eigenvalue weighted by atomic mass is 9.80. The Morgan fingerprint density at radius 2 is 1.89 bits per heavy atom. The summed E-state index contributed by atoms with van der Waals surface area (Å²) in [6.45, 7) is 2.23. The first-order chi connectivity index (χ1) is 9.15. The molecule has 5 nitrogen and oxygen atoms in total. The third kappa shape index (κ3) is 3.03. The Kier molecular flexibility index (Phi) is 4.35. The van der Waals surface area contributed by atoms with E-state index in [9.17, 15) is 4.79 Å². The van der Waals surface area contributed by atoms with Crippen LogP contribution in [0.3, 0.4) is 0 Å². The van der Waals surface area contributed by atoms with Crippen molar-refractivity contribution in [3.8, 4) is 11.8 Å². The third-order valence-electron chi connectivity index (χ3n) is 3.74. The summed E-state index contributed by atoms with van der Waals surface area (Å²) in [7, 11) is 3.00. The predicted molar refractivity (Wildman–Crippen MR) is 70.6 cm³/mol. The van der Waals surface area contributed by atoms with E-state index in [4.69, 9.17) is 9.47 Å². The zero-order valence-corrected chi connectivity index (χ0v) is 11.7. The van der Waals surface area contributed by atoms with Crippen LogP contribution in [0.5, 0.6) is 11.8 Å². The number of hydrogen-bond acceptors (Lipinski definition) is 5. The molecule has 0 amide bonds. The summed E-state index contributed by atoms with van der Waals surface area (Å²) >= 11 is 0. The van der Waals surface area contributed by atoms with Crippen molar-refractivity contribution in [2.45, 2.75) is 32.6 Å². The van der Waals surface area contributed by atoms with Crippen molar-refractivity contribution in [1.82, 2.24) is 9.97 Å². The number of aromatic nitrogens is 2. The molecule has 1 aliphatic carbocycles. The normalized spacial score (nSPS) is 22.9. The summed E-state index contributed by atoms with van der Waals surface area (Å²) in [6, 6.07) is 0. The lowest BCUT2D eigenvalue weighted by Gasteiger charge is -2.24. The van der Waals surface area contributed by atoms with Crippen molar-refractivity contribution in [3.63, 3.8) is 0 Å². The van der Waals surface area contributed by atoms with Crippen LogP contribution in [0.15, 0.2) is 6.20 Å². The topological polar surface area (TPSA) is 61.3 Å². The maximum absolute atomic E-state index is 12.5. The summed E-state index contributed by atoms with van der Waals surface area (Å²) in [5, 5.41) is 0. The molecule has 0 unspecified atom stereocenters. The minimum absolute atomic E-state index is 0.0407. The minimum atomic E-state index is 0.0407. The first-order valence-corrected chi connectivity index (χ1v) is 6.65. The van der Waals surface area contributed by atoms with Gasteiger partial charge in [-0.15, -0.1) is 0 Å². The Labute approximate surface area is 113 Å². The van der Waals surface area contributed by atoms with Gasteiger partial charge in [-0.25, -0.2) is 4.98 Å². The van der Waals surface area contributed by atoms with Crippen LogP contribution in [0, 0.1) is 11.8 Å². The minimum Gasteiger partial charge on any atom is -0.480 e. The molecule has 0 atom stereocenters. The molecule has 1 saturated carbocycles. The number of rotatable bonds is 4. The monoisotopic (exact) mass is 264 g/mol. The van der Waals surface area contributed by atoms with Crippen molar-refractivity contribution >= 4 is 5.78 Å². The van der Waals surface area contributed by atoms with E-state index >= 15 is 0 Å². The molecule has 0 aliphatic heterocycles. The van der Waals surface area contributed by atoms with Gasteiger partial charge in [0.15, 0.2) is 11.5 Å². The average Bonchev–Trinajstić information content (AvgIpc) is 2.46. The summed E-state index contributed by atoms with van der Waals surface area (Å²) in [5.41, 5.74) is 0.322. The molecule has 19 heavy (non-hydrogen) atoms. The van der Waals surface area contributed by atoms with Crippen molar-refractivity contribution in [2.24, 2.45) is 11.8 Å². The van der Waals surface area contributed by atoms with E-state index in [0.717, 1.165) is 25.7 Å². The first kappa shape index (κ1) is 13.8. The number of methoxy groups -OCH3 is 2. The fourth-order valence-corrected chi connectivity index (χ4v) is 2.48. The highest BCUT2D eigenvalue weighted by Crippen LogP contribution is 2.32. The van der Waals surface area contributed by atoms with Gasteiger partial charge in [-0.3, -0.25) is 4.79 Å².